The summed E-state index contributed by atoms with van der Waals surface area (Å²) in [6.07, 6.45) is 12.4. The fraction of sp³-hybridized carbons (Fsp3) is 0.400. The molecule has 2 aliphatic rings. The monoisotopic (exact) mass is 162 g/mol. The summed E-state index contributed by atoms with van der Waals surface area (Å²) in [6.45, 7) is 4.37. The summed E-state index contributed by atoms with van der Waals surface area (Å²) in [5.41, 5.74) is -0.00694. The second kappa shape index (κ2) is 2.16. The number of rotatable bonds is 1. The molecule has 2 N–H and O–H groups in total. The van der Waals surface area contributed by atoms with Gasteiger partial charge in [0.25, 0.3) is 0 Å². The summed E-state index contributed by atoms with van der Waals surface area (Å²) in [5.74, 6) is 0. The second-order valence-electron chi connectivity index (χ2n) is 3.74. The SMILES string of the molecule is CC1(C2(C)C=CC=[NH+]2)C=CC=[NH+]1. The first-order valence-electron chi connectivity index (χ1n) is 4.24. The molecule has 2 aliphatic heterocycles. The maximum Gasteiger partial charge on any atom is 0.243 e. The van der Waals surface area contributed by atoms with Gasteiger partial charge in [-0.25, -0.2) is 9.98 Å². The normalized spacial score (nSPS) is 43.2. The first kappa shape index (κ1) is 7.47. The lowest BCUT2D eigenvalue weighted by Crippen LogP contribution is -3.00. The summed E-state index contributed by atoms with van der Waals surface area (Å²) >= 11 is 0. The van der Waals surface area contributed by atoms with Gasteiger partial charge in [-0.05, 0) is 12.2 Å². The van der Waals surface area contributed by atoms with Crippen molar-refractivity contribution >= 4 is 12.4 Å². The maximum atomic E-state index is 3.35. The Morgan fingerprint density at radius 3 is 1.50 bits per heavy atom. The predicted molar refractivity (Wildman–Crippen MR) is 49.1 cm³/mol. The second-order valence-corrected chi connectivity index (χ2v) is 3.74. The third-order valence-corrected chi connectivity index (χ3v) is 2.90. The molecule has 0 aromatic carbocycles. The Morgan fingerprint density at radius 1 is 0.833 bits per heavy atom. The zero-order valence-electron chi connectivity index (χ0n) is 7.46. The van der Waals surface area contributed by atoms with Crippen molar-refractivity contribution in [2.24, 2.45) is 0 Å². The van der Waals surface area contributed by atoms with Crippen molar-refractivity contribution < 1.29 is 9.98 Å². The van der Waals surface area contributed by atoms with Gasteiger partial charge < -0.3 is 0 Å². The molecule has 2 rings (SSSR count). The summed E-state index contributed by atoms with van der Waals surface area (Å²) in [4.78, 5) is 6.69. The van der Waals surface area contributed by atoms with Crippen LogP contribution in [0.5, 0.6) is 0 Å². The molecule has 0 saturated carbocycles. The van der Waals surface area contributed by atoms with Crippen LogP contribution in [0.4, 0.5) is 0 Å². The van der Waals surface area contributed by atoms with Gasteiger partial charge in [-0.2, -0.15) is 0 Å². The summed E-state index contributed by atoms with van der Waals surface area (Å²) in [7, 11) is 0. The molecule has 2 heterocycles. The van der Waals surface area contributed by atoms with Crippen molar-refractivity contribution in [2.45, 2.75) is 24.9 Å². The Labute approximate surface area is 72.4 Å². The van der Waals surface area contributed by atoms with Crippen LogP contribution in [0, 0.1) is 0 Å². The van der Waals surface area contributed by atoms with E-state index in [2.05, 4.69) is 48.1 Å². The summed E-state index contributed by atoms with van der Waals surface area (Å²) in [6, 6.07) is 0. The van der Waals surface area contributed by atoms with E-state index >= 15 is 0 Å². The van der Waals surface area contributed by atoms with Crippen molar-refractivity contribution in [3.63, 3.8) is 0 Å². The van der Waals surface area contributed by atoms with Gasteiger partial charge >= 0.3 is 0 Å². The molecule has 62 valence electrons. The number of hydrogen-bond donors (Lipinski definition) is 2. The van der Waals surface area contributed by atoms with Crippen molar-refractivity contribution in [1.82, 2.24) is 0 Å². The van der Waals surface area contributed by atoms with Gasteiger partial charge in [-0.15, -0.1) is 0 Å². The van der Waals surface area contributed by atoms with Gasteiger partial charge in [0, 0.05) is 26.0 Å². The van der Waals surface area contributed by atoms with Crippen molar-refractivity contribution in [3.8, 4) is 0 Å². The van der Waals surface area contributed by atoms with E-state index in [4.69, 9.17) is 0 Å². The molecule has 2 nitrogen and oxygen atoms in total. The zero-order valence-corrected chi connectivity index (χ0v) is 7.46. The molecule has 12 heavy (non-hydrogen) atoms. The van der Waals surface area contributed by atoms with Crippen molar-refractivity contribution in [3.05, 3.63) is 24.3 Å². The molecular weight excluding hydrogens is 148 g/mol. The van der Waals surface area contributed by atoms with Crippen LogP contribution < -0.4 is 9.98 Å². The standard InChI is InChI=1S/C10H12N2/c1-9(5-3-7-11-9)10(2)6-4-8-12-10/h3-8H,1-2H3/p+2. The summed E-state index contributed by atoms with van der Waals surface area (Å²) < 4.78 is 0. The van der Waals surface area contributed by atoms with E-state index in [1.165, 1.54) is 0 Å². The molecule has 0 fully saturated rings. The highest BCUT2D eigenvalue weighted by Gasteiger charge is 2.52. The maximum absolute atomic E-state index is 3.35. The Balaban J connectivity index is 2.41. The molecule has 2 atom stereocenters. The van der Waals surface area contributed by atoms with Crippen LogP contribution in [0.3, 0.4) is 0 Å². The Bertz CT molecular complexity index is 252. The van der Waals surface area contributed by atoms with Crippen LogP contribution in [0.1, 0.15) is 13.8 Å². The lowest BCUT2D eigenvalue weighted by Gasteiger charge is -2.23. The van der Waals surface area contributed by atoms with E-state index in [-0.39, 0.29) is 11.1 Å². The average Bonchev–Trinajstić information content (AvgIpc) is 2.60. The van der Waals surface area contributed by atoms with Crippen molar-refractivity contribution in [2.75, 3.05) is 0 Å². The average molecular weight is 162 g/mol. The smallest absolute Gasteiger partial charge is 0.233 e. The number of hydrogen-bond acceptors (Lipinski definition) is 0. The molecule has 0 aliphatic carbocycles. The van der Waals surface area contributed by atoms with Gasteiger partial charge in [-0.3, -0.25) is 0 Å². The Hall–Kier alpha value is -1.18. The quantitative estimate of drug-likeness (QED) is 0.444. The van der Waals surface area contributed by atoms with Gasteiger partial charge in [-0.1, -0.05) is 0 Å². The van der Waals surface area contributed by atoms with Gasteiger partial charge in [0.2, 0.25) is 11.1 Å². The topological polar surface area (TPSA) is 27.9 Å². The van der Waals surface area contributed by atoms with E-state index < -0.39 is 0 Å². The minimum Gasteiger partial charge on any atom is -0.233 e. The summed E-state index contributed by atoms with van der Waals surface area (Å²) in [5, 5.41) is 0. The number of allylic oxidation sites excluding steroid dienone is 2. The highest BCUT2D eigenvalue weighted by Crippen LogP contribution is 2.18. The van der Waals surface area contributed by atoms with Crippen molar-refractivity contribution in [1.29, 1.82) is 0 Å². The first-order chi connectivity index (χ1) is 5.66. The third-order valence-electron chi connectivity index (χ3n) is 2.90. The lowest BCUT2D eigenvalue weighted by molar-refractivity contribution is -0.640. The molecular formula is C10H14N2+2. The van der Waals surface area contributed by atoms with Gasteiger partial charge in [0.15, 0.2) is 12.4 Å². The van der Waals surface area contributed by atoms with Crippen LogP contribution in [0.2, 0.25) is 0 Å². The van der Waals surface area contributed by atoms with Crippen LogP contribution in [0.25, 0.3) is 0 Å². The largest absolute Gasteiger partial charge is 0.243 e. The molecule has 2 heteroatoms. The highest BCUT2D eigenvalue weighted by atomic mass is 15.0. The molecule has 0 aromatic rings. The van der Waals surface area contributed by atoms with Crippen LogP contribution in [-0.4, -0.2) is 23.5 Å². The fourth-order valence-corrected chi connectivity index (χ4v) is 1.67. The molecule has 2 unspecified atom stereocenters. The minimum absolute atomic E-state index is 0.00347. The molecule has 0 spiro atoms. The molecule has 0 amide bonds. The first-order valence-corrected chi connectivity index (χ1v) is 4.24. The fourth-order valence-electron chi connectivity index (χ4n) is 1.67. The molecule has 0 radical (unpaired) electrons. The Morgan fingerprint density at radius 2 is 1.25 bits per heavy atom. The highest BCUT2D eigenvalue weighted by molar-refractivity contribution is 5.70. The van der Waals surface area contributed by atoms with Gasteiger partial charge in [0.05, 0.1) is 0 Å². The molecule has 0 bridgehead atoms. The zero-order chi connectivity index (χ0) is 8.66. The van der Waals surface area contributed by atoms with E-state index in [1.807, 2.05) is 12.4 Å². The van der Waals surface area contributed by atoms with E-state index in [0.717, 1.165) is 0 Å². The van der Waals surface area contributed by atoms with E-state index in [9.17, 15) is 0 Å². The Kier molecular flexibility index (Phi) is 1.34. The lowest BCUT2D eigenvalue weighted by atomic mass is 9.81. The molecule has 0 saturated heterocycles. The van der Waals surface area contributed by atoms with Crippen LogP contribution >= 0.6 is 0 Å². The van der Waals surface area contributed by atoms with Crippen LogP contribution in [0.15, 0.2) is 24.3 Å². The van der Waals surface area contributed by atoms with E-state index in [1.54, 1.807) is 0 Å². The van der Waals surface area contributed by atoms with E-state index in [0.29, 0.717) is 0 Å². The minimum atomic E-state index is -0.00347. The number of nitrogens with one attached hydrogen (secondary N) is 2. The third kappa shape index (κ3) is 0.809. The predicted octanol–water partition coefficient (Wildman–Crippen LogP) is -2.05. The molecule has 0 aromatic heterocycles. The van der Waals surface area contributed by atoms with Gasteiger partial charge in [0.1, 0.15) is 0 Å². The van der Waals surface area contributed by atoms with Crippen LogP contribution in [-0.2, 0) is 0 Å².